The first-order chi connectivity index (χ1) is 12.1. The lowest BCUT2D eigenvalue weighted by Gasteiger charge is -2.17. The summed E-state index contributed by atoms with van der Waals surface area (Å²) in [5.74, 6) is 1.20. The molecule has 130 valence electrons. The van der Waals surface area contributed by atoms with Crippen molar-refractivity contribution in [1.29, 1.82) is 0 Å². The van der Waals surface area contributed by atoms with E-state index in [1.807, 2.05) is 49.4 Å². The van der Waals surface area contributed by atoms with Crippen LogP contribution >= 0.6 is 0 Å². The van der Waals surface area contributed by atoms with Crippen molar-refractivity contribution in [3.63, 3.8) is 0 Å². The van der Waals surface area contributed by atoms with Gasteiger partial charge in [-0.2, -0.15) is 0 Å². The molecule has 25 heavy (non-hydrogen) atoms. The number of carbonyl (C=O) groups is 1. The summed E-state index contributed by atoms with van der Waals surface area (Å²) in [6, 6.07) is 13.6. The third kappa shape index (κ3) is 4.73. The second-order valence-electron chi connectivity index (χ2n) is 5.98. The number of benzene rings is 2. The molecular weight excluding hydrogens is 316 g/mol. The molecule has 0 aliphatic carbocycles. The number of carbonyl (C=O) groups excluding carboxylic acids is 1. The number of amides is 1. The standard InChI is InChI=1S/C19H22N4O2/c1-13-3-2-4-15(11-13)22-19(20)21-9-10-25-16-6-7-17-14(12-16)5-8-18(24)23-17/h2-4,6-7,11-12H,5,8-10H2,1H3,(H,23,24)(H3,20,21,22). The first kappa shape index (κ1) is 16.8. The molecule has 0 atom stereocenters. The van der Waals surface area contributed by atoms with Crippen LogP contribution in [0.15, 0.2) is 47.5 Å². The van der Waals surface area contributed by atoms with Gasteiger partial charge >= 0.3 is 0 Å². The smallest absolute Gasteiger partial charge is 0.224 e. The molecule has 2 aromatic rings. The predicted octanol–water partition coefficient (Wildman–Crippen LogP) is 2.69. The molecule has 4 N–H and O–H groups in total. The van der Waals surface area contributed by atoms with Gasteiger partial charge in [0.25, 0.3) is 0 Å². The van der Waals surface area contributed by atoms with Gasteiger partial charge < -0.3 is 21.1 Å². The number of nitrogens with zero attached hydrogens (tertiary/aromatic N) is 1. The zero-order valence-electron chi connectivity index (χ0n) is 14.2. The number of rotatable bonds is 5. The summed E-state index contributed by atoms with van der Waals surface area (Å²) in [4.78, 5) is 15.6. The SMILES string of the molecule is Cc1cccc(NC(N)=NCCOc2ccc3c(c2)CCC(=O)N3)c1. The highest BCUT2D eigenvalue weighted by atomic mass is 16.5. The van der Waals surface area contributed by atoms with Crippen molar-refractivity contribution in [1.82, 2.24) is 0 Å². The van der Waals surface area contributed by atoms with Gasteiger partial charge in [-0.1, -0.05) is 12.1 Å². The number of anilines is 2. The van der Waals surface area contributed by atoms with E-state index in [0.717, 1.165) is 34.7 Å². The zero-order chi connectivity index (χ0) is 17.6. The minimum absolute atomic E-state index is 0.0621. The third-order valence-electron chi connectivity index (χ3n) is 3.90. The van der Waals surface area contributed by atoms with E-state index in [1.165, 1.54) is 0 Å². The number of hydrogen-bond acceptors (Lipinski definition) is 3. The molecule has 0 saturated carbocycles. The maximum Gasteiger partial charge on any atom is 0.224 e. The number of nitrogens with two attached hydrogens (primary N) is 1. The van der Waals surface area contributed by atoms with Crippen molar-refractivity contribution in [2.24, 2.45) is 10.7 Å². The molecule has 6 nitrogen and oxygen atoms in total. The quantitative estimate of drug-likeness (QED) is 0.444. The van der Waals surface area contributed by atoms with Gasteiger partial charge in [-0.3, -0.25) is 4.79 Å². The first-order valence-electron chi connectivity index (χ1n) is 8.29. The van der Waals surface area contributed by atoms with Gasteiger partial charge in [-0.15, -0.1) is 0 Å². The second kappa shape index (κ2) is 7.70. The minimum Gasteiger partial charge on any atom is -0.492 e. The monoisotopic (exact) mass is 338 g/mol. The van der Waals surface area contributed by atoms with Crippen molar-refractivity contribution in [2.45, 2.75) is 19.8 Å². The van der Waals surface area contributed by atoms with Crippen LogP contribution in [0.1, 0.15) is 17.5 Å². The number of nitrogens with one attached hydrogen (secondary N) is 2. The van der Waals surface area contributed by atoms with Crippen molar-refractivity contribution in [2.75, 3.05) is 23.8 Å². The summed E-state index contributed by atoms with van der Waals surface area (Å²) >= 11 is 0. The zero-order valence-corrected chi connectivity index (χ0v) is 14.2. The van der Waals surface area contributed by atoms with Crippen LogP contribution in [0.4, 0.5) is 11.4 Å². The summed E-state index contributed by atoms with van der Waals surface area (Å²) in [5, 5.41) is 5.91. The highest BCUT2D eigenvalue weighted by Gasteiger charge is 2.14. The molecule has 1 heterocycles. The van der Waals surface area contributed by atoms with E-state index in [9.17, 15) is 4.79 Å². The van der Waals surface area contributed by atoms with E-state index in [4.69, 9.17) is 10.5 Å². The number of ether oxygens (including phenoxy) is 1. The summed E-state index contributed by atoms with van der Waals surface area (Å²) < 4.78 is 5.72. The van der Waals surface area contributed by atoms with E-state index in [2.05, 4.69) is 15.6 Å². The number of fused-ring (bicyclic) bond motifs is 1. The van der Waals surface area contributed by atoms with Crippen LogP contribution in [0.5, 0.6) is 5.75 Å². The first-order valence-corrected chi connectivity index (χ1v) is 8.29. The van der Waals surface area contributed by atoms with Gasteiger partial charge in [0.2, 0.25) is 5.91 Å². The molecule has 1 aliphatic heterocycles. The molecule has 0 aromatic heterocycles. The van der Waals surface area contributed by atoms with Crippen LogP contribution in [-0.2, 0) is 11.2 Å². The van der Waals surface area contributed by atoms with Crippen LogP contribution in [-0.4, -0.2) is 25.0 Å². The second-order valence-corrected chi connectivity index (χ2v) is 5.98. The Balaban J connectivity index is 1.48. The largest absolute Gasteiger partial charge is 0.492 e. The van der Waals surface area contributed by atoms with Crippen LogP contribution in [0.25, 0.3) is 0 Å². The number of hydrogen-bond donors (Lipinski definition) is 3. The molecule has 0 fully saturated rings. The molecule has 0 bridgehead atoms. The molecule has 0 radical (unpaired) electrons. The fraction of sp³-hybridized carbons (Fsp3) is 0.263. The highest BCUT2D eigenvalue weighted by Crippen LogP contribution is 2.26. The summed E-state index contributed by atoms with van der Waals surface area (Å²) in [7, 11) is 0. The molecule has 6 heteroatoms. The lowest BCUT2D eigenvalue weighted by molar-refractivity contribution is -0.116. The maximum atomic E-state index is 11.4. The van der Waals surface area contributed by atoms with Crippen molar-refractivity contribution < 1.29 is 9.53 Å². The normalized spacial score (nSPS) is 13.8. The topological polar surface area (TPSA) is 88.7 Å². The molecule has 3 rings (SSSR count). The number of aryl methyl sites for hydroxylation is 2. The van der Waals surface area contributed by atoms with Crippen LogP contribution in [0.2, 0.25) is 0 Å². The Hall–Kier alpha value is -3.02. The number of guanidine groups is 1. The Morgan fingerprint density at radius 2 is 2.16 bits per heavy atom. The Labute approximate surface area is 147 Å². The number of aliphatic imine (C=N–C) groups is 1. The lowest BCUT2D eigenvalue weighted by atomic mass is 10.0. The van der Waals surface area contributed by atoms with Gasteiger partial charge in [-0.05, 0) is 54.8 Å². The van der Waals surface area contributed by atoms with Crippen LogP contribution < -0.4 is 21.1 Å². The van der Waals surface area contributed by atoms with Gasteiger partial charge in [0, 0.05) is 17.8 Å². The van der Waals surface area contributed by atoms with E-state index in [1.54, 1.807) is 0 Å². The Bertz CT molecular complexity index is 802. The molecule has 1 aliphatic rings. The van der Waals surface area contributed by atoms with Crippen LogP contribution in [0.3, 0.4) is 0 Å². The van der Waals surface area contributed by atoms with E-state index < -0.39 is 0 Å². The van der Waals surface area contributed by atoms with Crippen molar-refractivity contribution >= 4 is 23.2 Å². The van der Waals surface area contributed by atoms with Crippen molar-refractivity contribution in [3.05, 3.63) is 53.6 Å². The molecule has 0 unspecified atom stereocenters. The lowest BCUT2D eigenvalue weighted by Crippen LogP contribution is -2.23. The summed E-state index contributed by atoms with van der Waals surface area (Å²) in [6.07, 6.45) is 1.26. The van der Waals surface area contributed by atoms with Crippen molar-refractivity contribution in [3.8, 4) is 5.75 Å². The molecular formula is C19H22N4O2. The molecule has 0 saturated heterocycles. The Kier molecular flexibility index (Phi) is 5.18. The summed E-state index contributed by atoms with van der Waals surface area (Å²) in [5.41, 5.74) is 9.92. The van der Waals surface area contributed by atoms with Gasteiger partial charge in [0.15, 0.2) is 5.96 Å². The van der Waals surface area contributed by atoms with Crippen LogP contribution in [0, 0.1) is 6.92 Å². The highest BCUT2D eigenvalue weighted by molar-refractivity contribution is 5.94. The van der Waals surface area contributed by atoms with Gasteiger partial charge in [-0.25, -0.2) is 4.99 Å². The summed E-state index contributed by atoms with van der Waals surface area (Å²) in [6.45, 7) is 2.91. The fourth-order valence-corrected chi connectivity index (χ4v) is 2.69. The fourth-order valence-electron chi connectivity index (χ4n) is 2.69. The Morgan fingerprint density at radius 3 is 3.00 bits per heavy atom. The average molecular weight is 338 g/mol. The van der Waals surface area contributed by atoms with E-state index in [-0.39, 0.29) is 5.91 Å². The molecule has 1 amide bonds. The molecule has 2 aromatic carbocycles. The van der Waals surface area contributed by atoms with E-state index >= 15 is 0 Å². The van der Waals surface area contributed by atoms with Gasteiger partial charge in [0.1, 0.15) is 12.4 Å². The molecule has 0 spiro atoms. The third-order valence-corrected chi connectivity index (χ3v) is 3.90. The minimum atomic E-state index is 0.0621. The maximum absolute atomic E-state index is 11.4. The Morgan fingerprint density at radius 1 is 1.28 bits per heavy atom. The van der Waals surface area contributed by atoms with Gasteiger partial charge in [0.05, 0.1) is 6.54 Å². The average Bonchev–Trinajstić information content (AvgIpc) is 2.59. The van der Waals surface area contributed by atoms with E-state index in [0.29, 0.717) is 25.5 Å². The predicted molar refractivity (Wildman–Crippen MR) is 100 cm³/mol.